The van der Waals surface area contributed by atoms with Crippen LogP contribution in [0.5, 0.6) is 0 Å². The van der Waals surface area contributed by atoms with Gasteiger partial charge in [0.15, 0.2) is 0 Å². The van der Waals surface area contributed by atoms with Crippen molar-refractivity contribution in [3.05, 3.63) is 28.2 Å². The van der Waals surface area contributed by atoms with Crippen molar-refractivity contribution in [2.75, 3.05) is 32.8 Å². The van der Waals surface area contributed by atoms with Gasteiger partial charge in [-0.1, -0.05) is 0 Å². The van der Waals surface area contributed by atoms with E-state index >= 15 is 0 Å². The summed E-state index contributed by atoms with van der Waals surface area (Å²) in [5.74, 6) is 1.39. The van der Waals surface area contributed by atoms with Gasteiger partial charge in [-0.3, -0.25) is 4.79 Å². The highest BCUT2D eigenvalue weighted by molar-refractivity contribution is 4.97. The Morgan fingerprint density at radius 3 is 2.50 bits per heavy atom. The molecule has 2 fully saturated rings. The number of likely N-dealkylation sites (tertiary alicyclic amines) is 1. The second kappa shape index (κ2) is 7.38. The van der Waals surface area contributed by atoms with Crippen LogP contribution in [0, 0.1) is 18.8 Å². The van der Waals surface area contributed by atoms with Crippen molar-refractivity contribution in [2.24, 2.45) is 11.8 Å². The van der Waals surface area contributed by atoms with E-state index in [0.717, 1.165) is 44.5 Å². The van der Waals surface area contributed by atoms with Crippen molar-refractivity contribution in [2.45, 2.75) is 39.2 Å². The van der Waals surface area contributed by atoms with E-state index in [9.17, 15) is 4.79 Å². The van der Waals surface area contributed by atoms with Crippen molar-refractivity contribution >= 4 is 0 Å². The molecule has 0 saturated carbocycles. The van der Waals surface area contributed by atoms with E-state index in [-0.39, 0.29) is 5.56 Å². The van der Waals surface area contributed by atoms with Crippen LogP contribution in [0.15, 0.2) is 16.9 Å². The summed E-state index contributed by atoms with van der Waals surface area (Å²) in [5.41, 5.74) is 0.937. The average molecular weight is 305 g/mol. The van der Waals surface area contributed by atoms with Gasteiger partial charge in [0.25, 0.3) is 5.56 Å². The van der Waals surface area contributed by atoms with Gasteiger partial charge in [0.2, 0.25) is 0 Å². The highest BCUT2D eigenvalue weighted by Crippen LogP contribution is 2.22. The summed E-state index contributed by atoms with van der Waals surface area (Å²) in [5, 5.41) is 4.36. The molecule has 0 N–H and O–H groups in total. The Balaban J connectivity index is 1.47. The lowest BCUT2D eigenvalue weighted by atomic mass is 9.94. The highest BCUT2D eigenvalue weighted by Gasteiger charge is 2.23. The Kier molecular flexibility index (Phi) is 5.26. The summed E-state index contributed by atoms with van der Waals surface area (Å²) in [7, 11) is 0. The molecule has 5 nitrogen and oxygen atoms in total. The highest BCUT2D eigenvalue weighted by atomic mass is 16.5. The predicted molar refractivity (Wildman–Crippen MR) is 85.9 cm³/mol. The molecule has 0 amide bonds. The molecule has 2 aliphatic heterocycles. The minimum absolute atomic E-state index is 0.0234. The molecule has 5 heteroatoms. The van der Waals surface area contributed by atoms with Gasteiger partial charge in [-0.15, -0.1) is 0 Å². The second-order valence-electron chi connectivity index (χ2n) is 6.79. The SMILES string of the molecule is Cc1ccc(=O)n(CC2CCN(CC3CCOCC3)CC2)n1. The fourth-order valence-corrected chi connectivity index (χ4v) is 3.57. The third kappa shape index (κ3) is 4.17. The number of nitrogens with zero attached hydrogens (tertiary/aromatic N) is 3. The lowest BCUT2D eigenvalue weighted by Gasteiger charge is -2.35. The van der Waals surface area contributed by atoms with Crippen LogP contribution in [-0.4, -0.2) is 47.5 Å². The van der Waals surface area contributed by atoms with Gasteiger partial charge in [-0.2, -0.15) is 5.10 Å². The smallest absolute Gasteiger partial charge is 0.266 e. The summed E-state index contributed by atoms with van der Waals surface area (Å²) >= 11 is 0. The molecule has 0 unspecified atom stereocenters. The minimum atomic E-state index is 0.0234. The van der Waals surface area contributed by atoms with Crippen molar-refractivity contribution in [3.8, 4) is 0 Å². The first-order chi connectivity index (χ1) is 10.7. The van der Waals surface area contributed by atoms with Crippen LogP contribution in [0.2, 0.25) is 0 Å². The number of piperidine rings is 1. The Hall–Kier alpha value is -1.20. The quantitative estimate of drug-likeness (QED) is 0.849. The zero-order valence-corrected chi connectivity index (χ0v) is 13.5. The molecular weight excluding hydrogens is 278 g/mol. The largest absolute Gasteiger partial charge is 0.381 e. The molecule has 0 aromatic carbocycles. The molecule has 2 aliphatic rings. The van der Waals surface area contributed by atoms with E-state index in [4.69, 9.17) is 4.74 Å². The molecule has 3 rings (SSSR count). The normalized spacial score (nSPS) is 22.0. The lowest BCUT2D eigenvalue weighted by Crippen LogP contribution is -2.40. The predicted octanol–water partition coefficient (Wildman–Crippen LogP) is 1.69. The van der Waals surface area contributed by atoms with Crippen LogP contribution in [0.1, 0.15) is 31.4 Å². The van der Waals surface area contributed by atoms with Crippen LogP contribution in [-0.2, 0) is 11.3 Å². The monoisotopic (exact) mass is 305 g/mol. The van der Waals surface area contributed by atoms with Gasteiger partial charge in [0.1, 0.15) is 0 Å². The zero-order chi connectivity index (χ0) is 15.4. The van der Waals surface area contributed by atoms with Gasteiger partial charge >= 0.3 is 0 Å². The molecule has 22 heavy (non-hydrogen) atoms. The summed E-state index contributed by atoms with van der Waals surface area (Å²) < 4.78 is 7.08. The standard InChI is InChI=1S/C17H27N3O2/c1-14-2-3-17(21)20(18-14)13-15-4-8-19(9-5-15)12-16-6-10-22-11-7-16/h2-3,15-16H,4-13H2,1H3. The maximum Gasteiger partial charge on any atom is 0.266 e. The van der Waals surface area contributed by atoms with Crippen molar-refractivity contribution in [3.63, 3.8) is 0 Å². The molecule has 0 aliphatic carbocycles. The number of aromatic nitrogens is 2. The molecule has 1 aromatic rings. The Morgan fingerprint density at radius 1 is 1.09 bits per heavy atom. The van der Waals surface area contributed by atoms with Crippen molar-refractivity contribution in [1.82, 2.24) is 14.7 Å². The Bertz CT molecular complexity index is 529. The third-order valence-corrected chi connectivity index (χ3v) is 5.00. The summed E-state index contributed by atoms with van der Waals surface area (Å²) in [4.78, 5) is 14.4. The first kappa shape index (κ1) is 15.7. The van der Waals surface area contributed by atoms with Crippen LogP contribution in [0.25, 0.3) is 0 Å². The van der Waals surface area contributed by atoms with E-state index in [1.165, 1.54) is 32.2 Å². The molecule has 1 aromatic heterocycles. The van der Waals surface area contributed by atoms with E-state index in [1.54, 1.807) is 16.8 Å². The number of hydrogen-bond donors (Lipinski definition) is 0. The fourth-order valence-electron chi connectivity index (χ4n) is 3.57. The van der Waals surface area contributed by atoms with E-state index in [0.29, 0.717) is 5.92 Å². The maximum atomic E-state index is 11.9. The molecule has 0 radical (unpaired) electrons. The van der Waals surface area contributed by atoms with Gasteiger partial charge in [-0.25, -0.2) is 4.68 Å². The number of hydrogen-bond acceptors (Lipinski definition) is 4. The summed E-state index contributed by atoms with van der Waals surface area (Å²) in [6.45, 7) is 8.11. The topological polar surface area (TPSA) is 47.4 Å². The molecular formula is C17H27N3O2. The number of aryl methyl sites for hydroxylation is 1. The van der Waals surface area contributed by atoms with Gasteiger partial charge < -0.3 is 9.64 Å². The van der Waals surface area contributed by atoms with Crippen LogP contribution >= 0.6 is 0 Å². The first-order valence-electron chi connectivity index (χ1n) is 8.55. The molecule has 122 valence electrons. The van der Waals surface area contributed by atoms with Crippen molar-refractivity contribution < 1.29 is 4.74 Å². The maximum absolute atomic E-state index is 11.9. The molecule has 0 spiro atoms. The van der Waals surface area contributed by atoms with Gasteiger partial charge in [0.05, 0.1) is 5.69 Å². The molecule has 2 saturated heterocycles. The van der Waals surface area contributed by atoms with Gasteiger partial charge in [0, 0.05) is 32.4 Å². The molecule has 0 bridgehead atoms. The Labute approximate surface area is 132 Å². The van der Waals surface area contributed by atoms with Crippen LogP contribution in [0.4, 0.5) is 0 Å². The third-order valence-electron chi connectivity index (χ3n) is 5.00. The van der Waals surface area contributed by atoms with Crippen LogP contribution in [0.3, 0.4) is 0 Å². The van der Waals surface area contributed by atoms with Gasteiger partial charge in [-0.05, 0) is 63.6 Å². The van der Waals surface area contributed by atoms with E-state index in [2.05, 4.69) is 10.00 Å². The zero-order valence-electron chi connectivity index (χ0n) is 13.5. The van der Waals surface area contributed by atoms with Crippen LogP contribution < -0.4 is 5.56 Å². The molecule has 3 heterocycles. The van der Waals surface area contributed by atoms with E-state index < -0.39 is 0 Å². The summed E-state index contributed by atoms with van der Waals surface area (Å²) in [6.07, 6.45) is 4.77. The fraction of sp³-hybridized carbons (Fsp3) is 0.765. The summed E-state index contributed by atoms with van der Waals surface area (Å²) in [6, 6.07) is 3.41. The Morgan fingerprint density at radius 2 is 1.77 bits per heavy atom. The average Bonchev–Trinajstić information content (AvgIpc) is 2.54. The first-order valence-corrected chi connectivity index (χ1v) is 8.55. The number of rotatable bonds is 4. The minimum Gasteiger partial charge on any atom is -0.381 e. The second-order valence-corrected chi connectivity index (χ2v) is 6.79. The van der Waals surface area contributed by atoms with E-state index in [1.807, 2.05) is 6.92 Å². The lowest BCUT2D eigenvalue weighted by molar-refractivity contribution is 0.0459. The molecule has 0 atom stereocenters. The number of ether oxygens (including phenoxy) is 1. The van der Waals surface area contributed by atoms with Crippen molar-refractivity contribution in [1.29, 1.82) is 0 Å².